The van der Waals surface area contributed by atoms with Crippen LogP contribution in [-0.4, -0.2) is 42.3 Å². The summed E-state index contributed by atoms with van der Waals surface area (Å²) in [5.41, 5.74) is 10.7. The SMILES string of the molecule is Cc1cc(C2=C(c3ccc(/C=C4/CCN(CCCF)C4)cc3)c3ccc(C(=O)O)cc3CCC2)c(C)cc1F. The number of carboxylic acids is 1. The van der Waals surface area contributed by atoms with Gasteiger partial charge < -0.3 is 5.11 Å². The largest absolute Gasteiger partial charge is 0.478 e. The van der Waals surface area contributed by atoms with Gasteiger partial charge in [-0.3, -0.25) is 9.29 Å². The van der Waals surface area contributed by atoms with E-state index in [0.717, 1.165) is 84.3 Å². The van der Waals surface area contributed by atoms with E-state index < -0.39 is 5.97 Å². The molecule has 0 bridgehead atoms. The molecule has 2 aliphatic rings. The summed E-state index contributed by atoms with van der Waals surface area (Å²) in [5.74, 6) is -1.13. The van der Waals surface area contributed by atoms with Crippen LogP contribution in [0, 0.1) is 19.7 Å². The molecular formula is C34H35F2NO2. The van der Waals surface area contributed by atoms with Crippen LogP contribution in [-0.2, 0) is 6.42 Å². The van der Waals surface area contributed by atoms with Crippen molar-refractivity contribution in [2.24, 2.45) is 0 Å². The first-order chi connectivity index (χ1) is 18.8. The summed E-state index contributed by atoms with van der Waals surface area (Å²) in [6.45, 7) is 6.15. The van der Waals surface area contributed by atoms with Crippen molar-refractivity contribution in [2.45, 2.75) is 46.0 Å². The average molecular weight is 528 g/mol. The van der Waals surface area contributed by atoms with Crippen molar-refractivity contribution in [2.75, 3.05) is 26.3 Å². The fraction of sp³-hybridized carbons (Fsp3) is 0.324. The van der Waals surface area contributed by atoms with Crippen LogP contribution in [0.4, 0.5) is 8.78 Å². The zero-order valence-corrected chi connectivity index (χ0v) is 22.7. The van der Waals surface area contributed by atoms with E-state index >= 15 is 0 Å². The predicted molar refractivity (Wildman–Crippen MR) is 154 cm³/mol. The summed E-state index contributed by atoms with van der Waals surface area (Å²) in [6, 6.07) is 17.5. The second kappa shape index (κ2) is 11.7. The molecule has 1 aliphatic carbocycles. The van der Waals surface area contributed by atoms with E-state index in [-0.39, 0.29) is 12.5 Å². The Balaban J connectivity index is 1.58. The summed E-state index contributed by atoms with van der Waals surface area (Å²) in [7, 11) is 0. The van der Waals surface area contributed by atoms with E-state index in [2.05, 4.69) is 35.2 Å². The molecule has 39 heavy (non-hydrogen) atoms. The smallest absolute Gasteiger partial charge is 0.335 e. The highest BCUT2D eigenvalue weighted by Gasteiger charge is 2.23. The second-order valence-electron chi connectivity index (χ2n) is 10.8. The number of carbonyl (C=O) groups is 1. The lowest BCUT2D eigenvalue weighted by Crippen LogP contribution is -2.20. The molecule has 3 nitrogen and oxygen atoms in total. The molecule has 1 fully saturated rings. The Morgan fingerprint density at radius 3 is 2.51 bits per heavy atom. The second-order valence-corrected chi connectivity index (χ2v) is 10.8. The number of hydrogen-bond acceptors (Lipinski definition) is 2. The minimum atomic E-state index is -0.926. The Morgan fingerprint density at radius 1 is 0.974 bits per heavy atom. The molecule has 5 rings (SSSR count). The summed E-state index contributed by atoms with van der Waals surface area (Å²) < 4.78 is 26.9. The van der Waals surface area contributed by atoms with E-state index in [4.69, 9.17) is 0 Å². The Hall–Kier alpha value is -3.57. The standard InChI is InChI=1S/C34H35F2NO2/c1-22-18-32(36)23(2)17-31(22)30-6-3-5-27-20-28(34(38)39)11-12-29(27)33(30)26-9-7-24(8-10-26)19-25-13-16-37(21-25)15-4-14-35/h7-12,17-20H,3-6,13-16,21H2,1-2H3,(H,38,39)/b25-19-. The van der Waals surface area contributed by atoms with Gasteiger partial charge in [0.15, 0.2) is 0 Å². The Labute approximate surface area is 229 Å². The quantitative estimate of drug-likeness (QED) is 0.340. The van der Waals surface area contributed by atoms with Crippen LogP contribution in [0.2, 0.25) is 0 Å². The van der Waals surface area contributed by atoms with Gasteiger partial charge in [0.25, 0.3) is 0 Å². The van der Waals surface area contributed by atoms with Crippen molar-refractivity contribution >= 4 is 23.2 Å². The molecule has 1 saturated heterocycles. The van der Waals surface area contributed by atoms with Crippen LogP contribution in [0.25, 0.3) is 17.2 Å². The molecule has 0 aromatic heterocycles. The van der Waals surface area contributed by atoms with E-state index in [9.17, 15) is 18.7 Å². The van der Waals surface area contributed by atoms with E-state index in [1.165, 1.54) is 11.1 Å². The lowest BCUT2D eigenvalue weighted by Gasteiger charge is -2.19. The van der Waals surface area contributed by atoms with Gasteiger partial charge in [0, 0.05) is 19.6 Å². The van der Waals surface area contributed by atoms with Gasteiger partial charge in [-0.05, 0) is 120 Å². The number of rotatable bonds is 7. The van der Waals surface area contributed by atoms with Gasteiger partial charge in [0.05, 0.1) is 12.2 Å². The number of fused-ring (bicyclic) bond motifs is 1. The summed E-state index contributed by atoms with van der Waals surface area (Å²) in [4.78, 5) is 14.0. The minimum absolute atomic E-state index is 0.203. The molecule has 0 spiro atoms. The molecule has 5 heteroatoms. The maximum Gasteiger partial charge on any atom is 0.335 e. The molecule has 1 aliphatic heterocycles. The zero-order chi connectivity index (χ0) is 27.5. The van der Waals surface area contributed by atoms with Crippen molar-refractivity contribution in [3.8, 4) is 0 Å². The molecule has 1 N–H and O–H groups in total. The van der Waals surface area contributed by atoms with Crippen LogP contribution in [0.5, 0.6) is 0 Å². The molecular weight excluding hydrogens is 492 g/mol. The highest BCUT2D eigenvalue weighted by atomic mass is 19.1. The van der Waals surface area contributed by atoms with Crippen LogP contribution in [0.1, 0.15) is 75.0 Å². The normalized spacial score (nSPS) is 17.0. The molecule has 1 heterocycles. The van der Waals surface area contributed by atoms with Gasteiger partial charge in [-0.25, -0.2) is 9.18 Å². The van der Waals surface area contributed by atoms with Gasteiger partial charge in [0.2, 0.25) is 0 Å². The number of halogens is 2. The maximum atomic E-state index is 14.4. The van der Waals surface area contributed by atoms with Crippen molar-refractivity contribution in [1.29, 1.82) is 0 Å². The lowest BCUT2D eigenvalue weighted by molar-refractivity contribution is 0.0696. The lowest BCUT2D eigenvalue weighted by atomic mass is 9.85. The third-order valence-corrected chi connectivity index (χ3v) is 7.98. The third kappa shape index (κ3) is 5.89. The molecule has 0 unspecified atom stereocenters. The molecule has 0 radical (unpaired) electrons. The number of hydrogen-bond donors (Lipinski definition) is 1. The van der Waals surface area contributed by atoms with Crippen molar-refractivity contribution < 1.29 is 18.7 Å². The van der Waals surface area contributed by atoms with Crippen LogP contribution in [0.3, 0.4) is 0 Å². The zero-order valence-electron chi connectivity index (χ0n) is 22.7. The van der Waals surface area contributed by atoms with Crippen molar-refractivity contribution in [3.63, 3.8) is 0 Å². The molecule has 3 aromatic rings. The first kappa shape index (κ1) is 27.0. The highest BCUT2D eigenvalue weighted by molar-refractivity contribution is 6.01. The predicted octanol–water partition coefficient (Wildman–Crippen LogP) is 7.88. The molecule has 0 atom stereocenters. The maximum absolute atomic E-state index is 14.4. The minimum Gasteiger partial charge on any atom is -0.478 e. The molecule has 3 aromatic carbocycles. The third-order valence-electron chi connectivity index (χ3n) is 7.98. The fourth-order valence-corrected chi connectivity index (χ4v) is 5.95. The number of aryl methyl sites for hydroxylation is 3. The highest BCUT2D eigenvalue weighted by Crippen LogP contribution is 2.41. The summed E-state index contributed by atoms with van der Waals surface area (Å²) >= 11 is 0. The van der Waals surface area contributed by atoms with Gasteiger partial charge >= 0.3 is 5.97 Å². The fourth-order valence-electron chi connectivity index (χ4n) is 5.95. The number of nitrogens with zero attached hydrogens (tertiary/aromatic N) is 1. The van der Waals surface area contributed by atoms with E-state index in [0.29, 0.717) is 17.5 Å². The average Bonchev–Trinajstić information content (AvgIpc) is 3.28. The van der Waals surface area contributed by atoms with E-state index in [1.54, 1.807) is 25.1 Å². The van der Waals surface area contributed by atoms with Gasteiger partial charge in [-0.1, -0.05) is 42.0 Å². The number of aromatic carboxylic acids is 1. The van der Waals surface area contributed by atoms with Gasteiger partial charge in [0.1, 0.15) is 5.82 Å². The number of allylic oxidation sites excluding steroid dienone is 1. The molecule has 0 saturated carbocycles. The molecule has 0 amide bonds. The first-order valence-electron chi connectivity index (χ1n) is 13.8. The van der Waals surface area contributed by atoms with Crippen LogP contribution < -0.4 is 0 Å². The van der Waals surface area contributed by atoms with Crippen molar-refractivity contribution in [3.05, 3.63) is 110 Å². The van der Waals surface area contributed by atoms with Gasteiger partial charge in [-0.2, -0.15) is 0 Å². The first-order valence-corrected chi connectivity index (χ1v) is 13.8. The van der Waals surface area contributed by atoms with Crippen molar-refractivity contribution in [1.82, 2.24) is 4.90 Å². The Bertz CT molecular complexity index is 1450. The number of alkyl halides is 1. The van der Waals surface area contributed by atoms with Crippen LogP contribution in [0.15, 0.2) is 60.2 Å². The van der Waals surface area contributed by atoms with E-state index in [1.807, 2.05) is 19.1 Å². The Kier molecular flexibility index (Phi) is 8.08. The Morgan fingerprint density at radius 2 is 1.77 bits per heavy atom. The number of likely N-dealkylation sites (tertiary alicyclic amines) is 1. The monoisotopic (exact) mass is 527 g/mol. The summed E-state index contributed by atoms with van der Waals surface area (Å²) in [5, 5.41) is 9.60. The van der Waals surface area contributed by atoms with Gasteiger partial charge in [-0.15, -0.1) is 0 Å². The molecule has 202 valence electrons. The van der Waals surface area contributed by atoms with Crippen LogP contribution >= 0.6 is 0 Å². The number of carboxylic acid groups (broad SMARTS) is 1. The number of benzene rings is 3. The topological polar surface area (TPSA) is 40.5 Å². The summed E-state index contributed by atoms with van der Waals surface area (Å²) in [6.07, 6.45) is 6.31.